The molecule has 2 saturated heterocycles. The molecule has 4 atom stereocenters. The topological polar surface area (TPSA) is 207 Å². The van der Waals surface area contributed by atoms with Gasteiger partial charge in [0.25, 0.3) is 0 Å². The van der Waals surface area contributed by atoms with E-state index in [2.05, 4.69) is 25.8 Å². The number of carbonyl (C=O) groups excluding carboxylic acids is 3. The first-order valence-corrected chi connectivity index (χ1v) is 17.4. The van der Waals surface area contributed by atoms with Crippen LogP contribution in [0, 0.1) is 12.3 Å². The zero-order valence-electron chi connectivity index (χ0n) is 28.9. The van der Waals surface area contributed by atoms with Crippen molar-refractivity contribution in [3.8, 4) is 10.4 Å². The van der Waals surface area contributed by atoms with Crippen molar-refractivity contribution in [1.82, 2.24) is 35.6 Å². The first kappa shape index (κ1) is 36.6. The lowest BCUT2D eigenvalue weighted by Crippen LogP contribution is -2.59. The molecular weight excluding hydrogens is 662 g/mol. The van der Waals surface area contributed by atoms with Crippen LogP contribution in [0.25, 0.3) is 10.4 Å². The highest BCUT2D eigenvalue weighted by atomic mass is 32.1. The summed E-state index contributed by atoms with van der Waals surface area (Å²) in [4.78, 5) is 62.9. The van der Waals surface area contributed by atoms with Gasteiger partial charge in [-0.2, -0.15) is 0 Å². The third-order valence-corrected chi connectivity index (χ3v) is 10.1. The third kappa shape index (κ3) is 8.37. The summed E-state index contributed by atoms with van der Waals surface area (Å²) in [5.74, 6) is -2.23. The molecule has 0 spiro atoms. The van der Waals surface area contributed by atoms with Gasteiger partial charge in [-0.15, -0.1) is 21.5 Å². The van der Waals surface area contributed by atoms with Gasteiger partial charge in [0.15, 0.2) is 11.5 Å². The molecule has 50 heavy (non-hydrogen) atoms. The van der Waals surface area contributed by atoms with Gasteiger partial charge in [-0.1, -0.05) is 45.0 Å². The van der Waals surface area contributed by atoms with E-state index >= 15 is 0 Å². The Morgan fingerprint density at radius 3 is 2.34 bits per heavy atom. The van der Waals surface area contributed by atoms with E-state index in [0.717, 1.165) is 21.7 Å². The fraction of sp³-hybridized carbons (Fsp3) is 0.500. The second-order valence-electron chi connectivity index (χ2n) is 14.0. The molecule has 0 unspecified atom stereocenters. The number of amides is 3. The van der Waals surface area contributed by atoms with Crippen molar-refractivity contribution in [2.45, 2.75) is 65.3 Å². The highest BCUT2D eigenvalue weighted by molar-refractivity contribution is 7.13. The molecule has 5 rings (SSSR count). The summed E-state index contributed by atoms with van der Waals surface area (Å²) in [6.45, 7) is 11.3. The number of rotatable bonds is 10. The standard InChI is InChI=1S/C34H45N9O6S/c1-19(21-6-8-22(9-7-21)28-20(2)36-18-50-28)37-31(46)26-14-23(44)16-43(26)32(47)29(34(3,4)5)38-27(45)17-41-10-12-42(13-11-41)25-15-24(33(48)49)39-40-30(25)35/h6-9,15,18-19,23,26,29,44H,10-14,16-17H2,1-5H3,(H2,35,40)(H,37,46)(H,38,45)(H,48,49)/t19-,23+,26-,29+/m0/s1. The Kier molecular flexibility index (Phi) is 11.0. The number of nitrogen functional groups attached to an aromatic ring is 1. The first-order valence-electron chi connectivity index (χ1n) is 16.5. The number of aliphatic hydroxyl groups is 1. The maximum Gasteiger partial charge on any atom is 0.356 e. The van der Waals surface area contributed by atoms with Gasteiger partial charge in [0.2, 0.25) is 17.7 Å². The molecule has 3 aromatic rings. The maximum atomic E-state index is 14.1. The van der Waals surface area contributed by atoms with E-state index in [1.54, 1.807) is 11.3 Å². The van der Waals surface area contributed by atoms with Crippen LogP contribution in [0.3, 0.4) is 0 Å². The molecule has 0 radical (unpaired) electrons. The first-order chi connectivity index (χ1) is 23.6. The van der Waals surface area contributed by atoms with E-state index in [1.807, 2.05) is 74.2 Å². The van der Waals surface area contributed by atoms with E-state index < -0.39 is 35.5 Å². The molecule has 16 heteroatoms. The van der Waals surface area contributed by atoms with E-state index in [1.165, 1.54) is 11.0 Å². The number of likely N-dealkylation sites (tertiary alicyclic amines) is 1. The molecule has 4 heterocycles. The number of carboxylic acid groups (broad SMARTS) is 1. The zero-order valence-corrected chi connectivity index (χ0v) is 29.7. The van der Waals surface area contributed by atoms with Crippen LogP contribution < -0.4 is 21.3 Å². The number of hydrogen-bond acceptors (Lipinski definition) is 12. The van der Waals surface area contributed by atoms with Crippen LogP contribution >= 0.6 is 11.3 Å². The number of nitrogens with two attached hydrogens (primary N) is 1. The minimum atomic E-state index is -1.20. The second-order valence-corrected chi connectivity index (χ2v) is 14.8. The monoisotopic (exact) mass is 707 g/mol. The molecule has 2 aromatic heterocycles. The number of nitrogens with one attached hydrogen (secondary N) is 2. The zero-order chi connectivity index (χ0) is 36.3. The number of aliphatic hydroxyl groups excluding tert-OH is 1. The number of nitrogens with zero attached hydrogens (tertiary/aromatic N) is 6. The predicted octanol–water partition coefficient (Wildman–Crippen LogP) is 1.68. The minimum Gasteiger partial charge on any atom is -0.476 e. The van der Waals surface area contributed by atoms with Gasteiger partial charge < -0.3 is 36.4 Å². The number of aromatic nitrogens is 3. The van der Waals surface area contributed by atoms with E-state index in [4.69, 9.17) is 5.73 Å². The van der Waals surface area contributed by atoms with Crippen molar-refractivity contribution in [2.75, 3.05) is 49.9 Å². The average molecular weight is 708 g/mol. The summed E-state index contributed by atoms with van der Waals surface area (Å²) in [5, 5.41) is 33.1. The molecule has 6 N–H and O–H groups in total. The Morgan fingerprint density at radius 2 is 1.74 bits per heavy atom. The van der Waals surface area contributed by atoms with Crippen LogP contribution in [0.2, 0.25) is 0 Å². The Balaban J connectivity index is 1.19. The highest BCUT2D eigenvalue weighted by Gasteiger charge is 2.44. The Hall–Kier alpha value is -4.67. The van der Waals surface area contributed by atoms with Gasteiger partial charge in [0.05, 0.1) is 40.5 Å². The molecule has 1 aromatic carbocycles. The molecule has 268 valence electrons. The van der Waals surface area contributed by atoms with Crippen molar-refractivity contribution < 1.29 is 29.4 Å². The molecule has 0 saturated carbocycles. The fourth-order valence-corrected chi connectivity index (χ4v) is 7.13. The summed E-state index contributed by atoms with van der Waals surface area (Å²) < 4.78 is 0. The largest absolute Gasteiger partial charge is 0.476 e. The van der Waals surface area contributed by atoms with Crippen molar-refractivity contribution in [1.29, 1.82) is 0 Å². The molecule has 15 nitrogen and oxygen atoms in total. The average Bonchev–Trinajstić information content (AvgIpc) is 3.68. The smallest absolute Gasteiger partial charge is 0.356 e. The molecule has 2 aliphatic heterocycles. The molecular formula is C34H45N9O6S. The van der Waals surface area contributed by atoms with Gasteiger partial charge in [-0.3, -0.25) is 19.3 Å². The summed E-state index contributed by atoms with van der Waals surface area (Å²) in [6, 6.07) is 7.09. The number of thiazole rings is 1. The van der Waals surface area contributed by atoms with Gasteiger partial charge in [0, 0.05) is 45.2 Å². The Bertz CT molecular complexity index is 1720. The summed E-state index contributed by atoms with van der Waals surface area (Å²) in [5.41, 5.74) is 10.2. The number of β-amino-alcohol motifs (C(OH)–C–C–N with tert-alkyl or cyclic N) is 1. The lowest BCUT2D eigenvalue weighted by Gasteiger charge is -2.37. The van der Waals surface area contributed by atoms with Gasteiger partial charge in [0.1, 0.15) is 12.1 Å². The number of carbonyl (C=O) groups is 4. The number of anilines is 2. The molecule has 2 fully saturated rings. The van der Waals surface area contributed by atoms with Gasteiger partial charge in [-0.25, -0.2) is 9.78 Å². The summed E-state index contributed by atoms with van der Waals surface area (Å²) in [6.07, 6.45) is -0.787. The minimum absolute atomic E-state index is 0.0187. The van der Waals surface area contributed by atoms with Gasteiger partial charge in [-0.05, 0) is 30.4 Å². The van der Waals surface area contributed by atoms with E-state index in [-0.39, 0.29) is 48.9 Å². The highest BCUT2D eigenvalue weighted by Crippen LogP contribution is 2.30. The maximum absolute atomic E-state index is 14.1. The predicted molar refractivity (Wildman–Crippen MR) is 188 cm³/mol. The SMILES string of the molecule is Cc1ncsc1-c1ccc([C@H](C)NC(=O)[C@@H]2C[C@@H](O)CN2C(=O)[C@@H](NC(=O)CN2CCN(c3cc(C(=O)O)nnc3N)CC2)C(C)(C)C)cc1. The van der Waals surface area contributed by atoms with Crippen LogP contribution in [0.4, 0.5) is 11.5 Å². The van der Waals surface area contributed by atoms with Crippen molar-refractivity contribution in [3.63, 3.8) is 0 Å². The number of carboxylic acids is 1. The quantitative estimate of drug-likeness (QED) is 0.204. The van der Waals surface area contributed by atoms with Crippen LogP contribution in [-0.4, -0.2) is 116 Å². The lowest BCUT2D eigenvalue weighted by molar-refractivity contribution is -0.144. The number of benzene rings is 1. The summed E-state index contributed by atoms with van der Waals surface area (Å²) in [7, 11) is 0. The van der Waals surface area contributed by atoms with E-state index in [9.17, 15) is 29.4 Å². The number of hydrogen-bond donors (Lipinski definition) is 5. The van der Waals surface area contributed by atoms with Crippen LogP contribution in [0.5, 0.6) is 0 Å². The molecule has 0 bridgehead atoms. The number of aromatic carboxylic acids is 1. The third-order valence-electron chi connectivity index (χ3n) is 9.16. The van der Waals surface area contributed by atoms with Crippen molar-refractivity contribution >= 4 is 46.5 Å². The van der Waals surface area contributed by atoms with Crippen LogP contribution in [-0.2, 0) is 14.4 Å². The fourth-order valence-electron chi connectivity index (χ4n) is 6.32. The molecule has 2 aliphatic rings. The van der Waals surface area contributed by atoms with Crippen LogP contribution in [0.1, 0.15) is 61.9 Å². The normalized spacial score (nSPS) is 19.6. The Labute approximate surface area is 294 Å². The van der Waals surface area contributed by atoms with Crippen LogP contribution in [0.15, 0.2) is 35.8 Å². The van der Waals surface area contributed by atoms with E-state index in [0.29, 0.717) is 31.9 Å². The Morgan fingerprint density at radius 1 is 1.06 bits per heavy atom. The lowest BCUT2D eigenvalue weighted by atomic mass is 9.85. The molecule has 0 aliphatic carbocycles. The van der Waals surface area contributed by atoms with Crippen molar-refractivity contribution in [3.05, 3.63) is 52.8 Å². The second kappa shape index (κ2) is 15.1. The van der Waals surface area contributed by atoms with Gasteiger partial charge >= 0.3 is 5.97 Å². The number of aryl methyl sites for hydroxylation is 1. The molecule has 3 amide bonds. The van der Waals surface area contributed by atoms with Crippen molar-refractivity contribution in [2.24, 2.45) is 5.41 Å². The summed E-state index contributed by atoms with van der Waals surface area (Å²) >= 11 is 1.57. The number of piperazine rings is 1.